The maximum atomic E-state index is 9.14. The average Bonchev–Trinajstić information content (AvgIpc) is 2.27. The van der Waals surface area contributed by atoms with E-state index in [0.717, 1.165) is 27.6 Å². The van der Waals surface area contributed by atoms with Crippen molar-refractivity contribution in [1.29, 1.82) is 5.26 Å². The van der Waals surface area contributed by atoms with E-state index in [1.54, 1.807) is 0 Å². The molecule has 2 atom stereocenters. The van der Waals surface area contributed by atoms with Crippen LogP contribution in [0.5, 0.6) is 0 Å². The van der Waals surface area contributed by atoms with Crippen molar-refractivity contribution in [3.05, 3.63) is 28.2 Å². The molecule has 1 N–H and O–H groups in total. The van der Waals surface area contributed by atoms with Gasteiger partial charge >= 0.3 is 0 Å². The zero-order valence-corrected chi connectivity index (χ0v) is 12.5. The van der Waals surface area contributed by atoms with E-state index in [1.165, 1.54) is 19.3 Å². The maximum absolute atomic E-state index is 9.14. The van der Waals surface area contributed by atoms with Crippen LogP contribution in [0.25, 0.3) is 0 Å². The lowest BCUT2D eigenvalue weighted by molar-refractivity contribution is 0.281. The van der Waals surface area contributed by atoms with E-state index in [0.29, 0.717) is 6.04 Å². The van der Waals surface area contributed by atoms with Gasteiger partial charge in [-0.2, -0.15) is 5.26 Å². The molecule has 2 nitrogen and oxygen atoms in total. The molecule has 1 aliphatic rings. The van der Waals surface area contributed by atoms with Crippen molar-refractivity contribution in [2.45, 2.75) is 39.2 Å². The van der Waals surface area contributed by atoms with E-state index >= 15 is 0 Å². The van der Waals surface area contributed by atoms with Crippen molar-refractivity contribution in [2.75, 3.05) is 5.32 Å². The number of benzene rings is 1. The summed E-state index contributed by atoms with van der Waals surface area (Å²) in [5.74, 6) is 1.54. The zero-order valence-electron chi connectivity index (χ0n) is 10.9. The van der Waals surface area contributed by atoms with Gasteiger partial charge in [0.2, 0.25) is 0 Å². The number of hydrogen-bond donors (Lipinski definition) is 1. The molecule has 1 saturated carbocycles. The molecular weight excluding hydrogens is 288 g/mol. The Bertz CT molecular complexity index is 454. The molecule has 1 aliphatic carbocycles. The highest BCUT2D eigenvalue weighted by atomic mass is 79.9. The molecule has 0 amide bonds. The van der Waals surface area contributed by atoms with E-state index in [-0.39, 0.29) is 0 Å². The van der Waals surface area contributed by atoms with Crippen LogP contribution in [0.2, 0.25) is 0 Å². The molecule has 0 aromatic heterocycles. The van der Waals surface area contributed by atoms with Crippen molar-refractivity contribution in [3.8, 4) is 6.07 Å². The van der Waals surface area contributed by atoms with Crippen LogP contribution in [0.15, 0.2) is 22.7 Å². The minimum absolute atomic E-state index is 0.491. The second-order valence-electron chi connectivity index (χ2n) is 5.56. The molecule has 0 heterocycles. The number of anilines is 1. The number of nitriles is 1. The van der Waals surface area contributed by atoms with Crippen LogP contribution in [0.1, 0.15) is 38.7 Å². The molecule has 0 spiro atoms. The number of nitrogens with zero attached hydrogens (tertiary/aromatic N) is 1. The summed E-state index contributed by atoms with van der Waals surface area (Å²) in [6.07, 6.45) is 3.71. The van der Waals surface area contributed by atoms with Crippen molar-refractivity contribution in [2.24, 2.45) is 11.8 Å². The molecule has 1 fully saturated rings. The van der Waals surface area contributed by atoms with Gasteiger partial charge in [-0.05, 0) is 49.3 Å². The Hall–Kier alpha value is -1.01. The molecule has 2 rings (SSSR count). The first-order valence-electron chi connectivity index (χ1n) is 6.54. The molecule has 96 valence electrons. The van der Waals surface area contributed by atoms with Gasteiger partial charge in [0, 0.05) is 10.5 Å². The number of nitrogens with one attached hydrogen (secondary N) is 1. The average molecular weight is 307 g/mol. The highest BCUT2D eigenvalue weighted by molar-refractivity contribution is 9.10. The zero-order chi connectivity index (χ0) is 13.1. The Morgan fingerprint density at radius 2 is 1.89 bits per heavy atom. The Balaban J connectivity index is 2.13. The van der Waals surface area contributed by atoms with Crippen molar-refractivity contribution in [3.63, 3.8) is 0 Å². The number of rotatable bonds is 2. The van der Waals surface area contributed by atoms with Gasteiger partial charge in [0.1, 0.15) is 6.07 Å². The highest BCUT2D eigenvalue weighted by Crippen LogP contribution is 2.31. The summed E-state index contributed by atoms with van der Waals surface area (Å²) in [4.78, 5) is 0. The fourth-order valence-corrected chi connectivity index (χ4v) is 3.38. The smallest absolute Gasteiger partial charge is 0.101 e. The first-order valence-corrected chi connectivity index (χ1v) is 7.34. The quantitative estimate of drug-likeness (QED) is 0.869. The van der Waals surface area contributed by atoms with E-state index in [2.05, 4.69) is 41.2 Å². The van der Waals surface area contributed by atoms with Crippen LogP contribution in [-0.2, 0) is 0 Å². The Morgan fingerprint density at radius 1 is 1.22 bits per heavy atom. The largest absolute Gasteiger partial charge is 0.381 e. The van der Waals surface area contributed by atoms with Gasteiger partial charge < -0.3 is 5.32 Å². The number of hydrogen-bond acceptors (Lipinski definition) is 2. The summed E-state index contributed by atoms with van der Waals surface area (Å²) in [6, 6.07) is 8.52. The summed E-state index contributed by atoms with van der Waals surface area (Å²) in [5.41, 5.74) is 1.68. The Morgan fingerprint density at radius 3 is 2.50 bits per heavy atom. The predicted molar refractivity (Wildman–Crippen MR) is 78.4 cm³/mol. The standard InChI is InChI=1S/C15H19BrN2/c1-10-5-11(2)7-14(6-10)18-15-8-13(16)4-3-12(15)9-17/h3-4,8,10-11,14,18H,5-7H2,1-2H3. The number of halogens is 1. The van der Waals surface area contributed by atoms with E-state index in [9.17, 15) is 0 Å². The molecule has 3 heteroatoms. The molecule has 0 aliphatic heterocycles. The second-order valence-corrected chi connectivity index (χ2v) is 6.48. The first-order chi connectivity index (χ1) is 8.58. The lowest BCUT2D eigenvalue weighted by atomic mass is 9.80. The molecule has 1 aromatic rings. The molecule has 0 radical (unpaired) electrons. The summed E-state index contributed by atoms with van der Waals surface area (Å²) in [5, 5.41) is 12.7. The van der Waals surface area contributed by atoms with Gasteiger partial charge in [0.05, 0.1) is 11.3 Å². The van der Waals surface area contributed by atoms with Crippen LogP contribution in [0.4, 0.5) is 5.69 Å². The monoisotopic (exact) mass is 306 g/mol. The molecule has 2 unspecified atom stereocenters. The molecule has 0 bridgehead atoms. The van der Waals surface area contributed by atoms with Crippen LogP contribution < -0.4 is 5.32 Å². The lowest BCUT2D eigenvalue weighted by Gasteiger charge is -2.32. The van der Waals surface area contributed by atoms with Gasteiger partial charge in [-0.15, -0.1) is 0 Å². The minimum Gasteiger partial charge on any atom is -0.381 e. The van der Waals surface area contributed by atoms with Gasteiger partial charge in [0.15, 0.2) is 0 Å². The second kappa shape index (κ2) is 5.75. The third-order valence-corrected chi connectivity index (χ3v) is 4.13. The van der Waals surface area contributed by atoms with Gasteiger partial charge in [-0.1, -0.05) is 29.8 Å². The fraction of sp³-hybridized carbons (Fsp3) is 0.533. The van der Waals surface area contributed by atoms with Gasteiger partial charge in [-0.25, -0.2) is 0 Å². The van der Waals surface area contributed by atoms with Crippen LogP contribution in [0.3, 0.4) is 0 Å². The van der Waals surface area contributed by atoms with Crippen LogP contribution in [-0.4, -0.2) is 6.04 Å². The summed E-state index contributed by atoms with van der Waals surface area (Å²) >= 11 is 3.46. The molecule has 1 aromatic carbocycles. The first kappa shape index (κ1) is 13.4. The van der Waals surface area contributed by atoms with E-state index in [4.69, 9.17) is 5.26 Å². The topological polar surface area (TPSA) is 35.8 Å². The maximum Gasteiger partial charge on any atom is 0.101 e. The SMILES string of the molecule is CC1CC(C)CC(Nc2cc(Br)ccc2C#N)C1. The minimum atomic E-state index is 0.491. The lowest BCUT2D eigenvalue weighted by Crippen LogP contribution is -2.30. The summed E-state index contributed by atoms with van der Waals surface area (Å²) < 4.78 is 1.01. The van der Waals surface area contributed by atoms with E-state index in [1.807, 2.05) is 18.2 Å². The summed E-state index contributed by atoms with van der Waals surface area (Å²) in [6.45, 7) is 4.63. The molecule has 18 heavy (non-hydrogen) atoms. The Labute approximate surface area is 118 Å². The van der Waals surface area contributed by atoms with Crippen molar-refractivity contribution in [1.82, 2.24) is 0 Å². The van der Waals surface area contributed by atoms with Gasteiger partial charge in [-0.3, -0.25) is 0 Å². The predicted octanol–water partition coefficient (Wildman–Crippen LogP) is 4.56. The van der Waals surface area contributed by atoms with Crippen LogP contribution in [0, 0.1) is 23.2 Å². The third-order valence-electron chi connectivity index (χ3n) is 3.64. The molecular formula is C15H19BrN2. The van der Waals surface area contributed by atoms with Crippen molar-refractivity contribution >= 4 is 21.6 Å². The Kier molecular flexibility index (Phi) is 4.29. The normalized spacial score (nSPS) is 27.6. The van der Waals surface area contributed by atoms with Crippen LogP contribution >= 0.6 is 15.9 Å². The van der Waals surface area contributed by atoms with Gasteiger partial charge in [0.25, 0.3) is 0 Å². The fourth-order valence-electron chi connectivity index (χ4n) is 3.02. The van der Waals surface area contributed by atoms with E-state index < -0.39 is 0 Å². The molecule has 0 saturated heterocycles. The van der Waals surface area contributed by atoms with Crippen molar-refractivity contribution < 1.29 is 0 Å². The third kappa shape index (κ3) is 3.26. The highest BCUT2D eigenvalue weighted by Gasteiger charge is 2.24. The summed E-state index contributed by atoms with van der Waals surface area (Å²) in [7, 11) is 0.